The Hall–Kier alpha value is -3.87. The molecule has 7 nitrogen and oxygen atoms in total. The number of benzene rings is 2. The van der Waals surface area contributed by atoms with Crippen molar-refractivity contribution in [3.8, 4) is 17.0 Å². The maximum atomic E-state index is 13.7. The number of ether oxygens (including phenoxy) is 1. The van der Waals surface area contributed by atoms with Crippen LogP contribution in [0.25, 0.3) is 22.2 Å². The lowest BCUT2D eigenvalue weighted by Crippen LogP contribution is -2.40. The minimum Gasteiger partial charge on any atom is -0.497 e. The molecule has 7 heteroatoms. The molecule has 36 heavy (non-hydrogen) atoms. The Morgan fingerprint density at radius 3 is 2.53 bits per heavy atom. The lowest BCUT2D eigenvalue weighted by molar-refractivity contribution is 0.0708. The Morgan fingerprint density at radius 2 is 1.78 bits per heavy atom. The van der Waals surface area contributed by atoms with Crippen molar-refractivity contribution in [2.45, 2.75) is 44.7 Å². The van der Waals surface area contributed by atoms with Crippen LogP contribution in [0.5, 0.6) is 5.75 Å². The van der Waals surface area contributed by atoms with Crippen LogP contribution in [0.1, 0.15) is 53.5 Å². The van der Waals surface area contributed by atoms with Gasteiger partial charge >= 0.3 is 0 Å². The third-order valence-electron chi connectivity index (χ3n) is 7.73. The largest absolute Gasteiger partial charge is 0.497 e. The Kier molecular flexibility index (Phi) is 5.63. The number of carbonyl (C=O) groups excluding carboxylic acids is 1. The van der Waals surface area contributed by atoms with E-state index in [9.17, 15) is 9.59 Å². The zero-order valence-corrected chi connectivity index (χ0v) is 20.7. The predicted octanol–water partition coefficient (Wildman–Crippen LogP) is 4.72. The van der Waals surface area contributed by atoms with Gasteiger partial charge in [0.15, 0.2) is 0 Å². The highest BCUT2D eigenvalue weighted by Gasteiger charge is 2.32. The predicted molar refractivity (Wildman–Crippen MR) is 139 cm³/mol. The van der Waals surface area contributed by atoms with Gasteiger partial charge in [-0.25, -0.2) is 4.98 Å². The number of hydrogen-bond acceptors (Lipinski definition) is 4. The van der Waals surface area contributed by atoms with Crippen LogP contribution in [0.4, 0.5) is 0 Å². The van der Waals surface area contributed by atoms with Gasteiger partial charge < -0.3 is 18.8 Å². The standard InChI is InChI=1S/C29H30N4O3/c1-31-17-23(27(34)22-9-5-6-10-24(22)31)29(35)32-15-16-33-25(18-32)26(19-11-13-21(36-2)14-12-19)30-28(33)20-7-3-4-8-20/h5-6,9-14,17,20H,3-4,7-8,15-16,18H2,1-2H3. The molecule has 3 heterocycles. The number of fused-ring (bicyclic) bond motifs is 2. The quantitative estimate of drug-likeness (QED) is 0.422. The summed E-state index contributed by atoms with van der Waals surface area (Å²) in [4.78, 5) is 33.9. The number of aromatic nitrogens is 3. The number of para-hydroxylation sites is 1. The summed E-state index contributed by atoms with van der Waals surface area (Å²) in [6.45, 7) is 1.67. The fraction of sp³-hybridized carbons (Fsp3) is 0.345. The highest BCUT2D eigenvalue weighted by atomic mass is 16.5. The number of pyridine rings is 1. The molecule has 2 aromatic heterocycles. The van der Waals surface area contributed by atoms with Crippen LogP contribution in [0.2, 0.25) is 0 Å². The summed E-state index contributed by atoms with van der Waals surface area (Å²) in [5.41, 5.74) is 3.79. The SMILES string of the molecule is COc1ccc(-c2nc(C3CCCC3)n3c2CN(C(=O)c2cn(C)c4ccccc4c2=O)CC3)cc1. The first kappa shape index (κ1) is 22.6. The van der Waals surface area contributed by atoms with E-state index < -0.39 is 0 Å². The molecule has 0 atom stereocenters. The first-order valence-corrected chi connectivity index (χ1v) is 12.7. The van der Waals surface area contributed by atoms with Gasteiger partial charge in [0.1, 0.15) is 17.1 Å². The van der Waals surface area contributed by atoms with Crippen molar-refractivity contribution in [1.82, 2.24) is 19.0 Å². The highest BCUT2D eigenvalue weighted by molar-refractivity contribution is 5.97. The van der Waals surface area contributed by atoms with Crippen molar-refractivity contribution in [1.29, 1.82) is 0 Å². The molecule has 2 aliphatic rings. The second-order valence-corrected chi connectivity index (χ2v) is 9.85. The first-order valence-electron chi connectivity index (χ1n) is 12.7. The van der Waals surface area contributed by atoms with Crippen molar-refractivity contribution >= 4 is 16.8 Å². The number of methoxy groups -OCH3 is 1. The van der Waals surface area contributed by atoms with Gasteiger partial charge in [-0.2, -0.15) is 0 Å². The molecule has 0 unspecified atom stereocenters. The average molecular weight is 483 g/mol. The molecule has 1 aliphatic carbocycles. The van der Waals surface area contributed by atoms with Gasteiger partial charge in [0.05, 0.1) is 30.6 Å². The topological polar surface area (TPSA) is 69.4 Å². The summed E-state index contributed by atoms with van der Waals surface area (Å²) in [5.74, 6) is 2.18. The molecule has 0 radical (unpaired) electrons. The molecular weight excluding hydrogens is 452 g/mol. The molecular formula is C29H30N4O3. The van der Waals surface area contributed by atoms with E-state index in [0.717, 1.165) is 46.9 Å². The number of rotatable bonds is 4. The summed E-state index contributed by atoms with van der Waals surface area (Å²) in [6, 6.07) is 15.4. The maximum Gasteiger partial charge on any atom is 0.259 e. The van der Waals surface area contributed by atoms with E-state index in [4.69, 9.17) is 9.72 Å². The number of aryl methyl sites for hydroxylation is 1. The van der Waals surface area contributed by atoms with Gasteiger partial charge in [-0.3, -0.25) is 9.59 Å². The molecule has 1 aliphatic heterocycles. The van der Waals surface area contributed by atoms with Crippen LogP contribution in [-0.2, 0) is 20.1 Å². The van der Waals surface area contributed by atoms with E-state index in [-0.39, 0.29) is 16.9 Å². The van der Waals surface area contributed by atoms with Crippen LogP contribution < -0.4 is 10.2 Å². The summed E-state index contributed by atoms with van der Waals surface area (Å²) >= 11 is 0. The molecule has 1 fully saturated rings. The van der Waals surface area contributed by atoms with Gasteiger partial charge in [-0.05, 0) is 49.2 Å². The number of hydrogen-bond donors (Lipinski definition) is 0. The molecule has 6 rings (SSSR count). The lowest BCUT2D eigenvalue weighted by Gasteiger charge is -2.30. The van der Waals surface area contributed by atoms with E-state index in [1.165, 1.54) is 12.8 Å². The third-order valence-corrected chi connectivity index (χ3v) is 7.73. The molecule has 184 valence electrons. The molecule has 0 spiro atoms. The minimum atomic E-state index is -0.225. The summed E-state index contributed by atoms with van der Waals surface area (Å²) < 4.78 is 9.53. The Morgan fingerprint density at radius 1 is 1.03 bits per heavy atom. The van der Waals surface area contributed by atoms with E-state index in [0.29, 0.717) is 30.9 Å². The average Bonchev–Trinajstić information content (AvgIpc) is 3.58. The molecule has 0 saturated heterocycles. The first-order chi connectivity index (χ1) is 17.5. The minimum absolute atomic E-state index is 0.213. The van der Waals surface area contributed by atoms with Crippen LogP contribution in [-0.4, -0.2) is 38.6 Å². The van der Waals surface area contributed by atoms with E-state index in [1.54, 1.807) is 24.3 Å². The van der Waals surface area contributed by atoms with Gasteiger partial charge in [-0.1, -0.05) is 25.0 Å². The summed E-state index contributed by atoms with van der Waals surface area (Å²) in [7, 11) is 3.53. The highest BCUT2D eigenvalue weighted by Crippen LogP contribution is 2.38. The van der Waals surface area contributed by atoms with Crippen molar-refractivity contribution in [3.63, 3.8) is 0 Å². The smallest absolute Gasteiger partial charge is 0.259 e. The van der Waals surface area contributed by atoms with Crippen LogP contribution in [0.15, 0.2) is 59.5 Å². The second kappa shape index (κ2) is 8.97. The fourth-order valence-electron chi connectivity index (χ4n) is 5.81. The number of amides is 1. The van der Waals surface area contributed by atoms with Crippen molar-refractivity contribution < 1.29 is 9.53 Å². The third kappa shape index (κ3) is 3.70. The fourth-order valence-corrected chi connectivity index (χ4v) is 5.81. The molecule has 1 saturated carbocycles. The second-order valence-electron chi connectivity index (χ2n) is 9.85. The van der Waals surface area contributed by atoms with E-state index >= 15 is 0 Å². The van der Waals surface area contributed by atoms with E-state index in [2.05, 4.69) is 4.57 Å². The van der Waals surface area contributed by atoms with Crippen LogP contribution in [0.3, 0.4) is 0 Å². The number of imidazole rings is 1. The Labute approximate surface area is 209 Å². The van der Waals surface area contributed by atoms with E-state index in [1.807, 2.05) is 54.1 Å². The van der Waals surface area contributed by atoms with Gasteiger partial charge in [-0.15, -0.1) is 0 Å². The molecule has 2 aromatic carbocycles. The zero-order valence-electron chi connectivity index (χ0n) is 20.7. The lowest BCUT2D eigenvalue weighted by atomic mass is 10.1. The van der Waals surface area contributed by atoms with Crippen molar-refractivity contribution in [3.05, 3.63) is 82.0 Å². The molecule has 0 bridgehead atoms. The Balaban J connectivity index is 1.40. The molecule has 0 N–H and O–H groups in total. The summed E-state index contributed by atoms with van der Waals surface area (Å²) in [5, 5.41) is 0.565. The molecule has 4 aromatic rings. The maximum absolute atomic E-state index is 13.7. The number of nitrogens with zero attached hydrogens (tertiary/aromatic N) is 4. The van der Waals surface area contributed by atoms with Gasteiger partial charge in [0.2, 0.25) is 5.43 Å². The van der Waals surface area contributed by atoms with Crippen molar-refractivity contribution in [2.75, 3.05) is 13.7 Å². The van der Waals surface area contributed by atoms with Crippen LogP contribution in [0, 0.1) is 0 Å². The monoisotopic (exact) mass is 482 g/mol. The van der Waals surface area contributed by atoms with Gasteiger partial charge in [0.25, 0.3) is 5.91 Å². The summed E-state index contributed by atoms with van der Waals surface area (Å²) in [6.07, 6.45) is 6.47. The normalized spacial score (nSPS) is 15.9. The molecule has 1 amide bonds. The zero-order chi connectivity index (χ0) is 24.8. The number of carbonyl (C=O) groups is 1. The van der Waals surface area contributed by atoms with Gasteiger partial charge in [0, 0.05) is 43.2 Å². The Bertz CT molecular complexity index is 1510. The van der Waals surface area contributed by atoms with Crippen LogP contribution >= 0.6 is 0 Å². The van der Waals surface area contributed by atoms with Crippen molar-refractivity contribution in [2.24, 2.45) is 7.05 Å².